The Morgan fingerprint density at radius 2 is 1.60 bits per heavy atom. The van der Waals surface area contributed by atoms with Crippen LogP contribution in [-0.2, 0) is 0 Å². The van der Waals surface area contributed by atoms with Crippen molar-refractivity contribution in [1.82, 2.24) is 0 Å². The van der Waals surface area contributed by atoms with Gasteiger partial charge in [-0.1, -0.05) is 60.8 Å². The molecule has 4 fully saturated rings. The van der Waals surface area contributed by atoms with Crippen molar-refractivity contribution in [2.24, 2.45) is 52.3 Å². The predicted molar refractivity (Wildman–Crippen MR) is 125 cm³/mol. The zero-order valence-electron chi connectivity index (χ0n) is 20.8. The lowest BCUT2D eigenvalue weighted by Gasteiger charge is -2.65. The maximum absolute atomic E-state index is 11.9. The van der Waals surface area contributed by atoms with Crippen LogP contribution >= 0.6 is 0 Å². The Labute approximate surface area is 186 Å². The summed E-state index contributed by atoms with van der Waals surface area (Å²) in [5.41, 5.74) is -0.150. The molecule has 0 aromatic carbocycles. The molecule has 0 amide bonds. The van der Waals surface area contributed by atoms with Gasteiger partial charge in [-0.3, -0.25) is 0 Å². The number of hydrogen-bond donors (Lipinski definition) is 2. The summed E-state index contributed by atoms with van der Waals surface area (Å²) in [6, 6.07) is 0. The molecule has 0 radical (unpaired) electrons. The first-order valence-corrected chi connectivity index (χ1v) is 13.4. The summed E-state index contributed by atoms with van der Waals surface area (Å²) in [6.45, 7) is 14.4. The van der Waals surface area contributed by atoms with Crippen LogP contribution in [0.15, 0.2) is 0 Å². The summed E-state index contributed by atoms with van der Waals surface area (Å²) in [5.74, 6) is 4.91. The van der Waals surface area contributed by atoms with E-state index < -0.39 is 5.60 Å². The molecule has 2 heteroatoms. The van der Waals surface area contributed by atoms with Crippen LogP contribution in [0.2, 0.25) is 0 Å². The fourth-order valence-electron chi connectivity index (χ4n) is 9.66. The van der Waals surface area contributed by atoms with Gasteiger partial charge in [0.2, 0.25) is 0 Å². The first-order chi connectivity index (χ1) is 14.0. The van der Waals surface area contributed by atoms with Crippen molar-refractivity contribution in [2.45, 2.75) is 124 Å². The second kappa shape index (κ2) is 8.05. The van der Waals surface area contributed by atoms with Crippen molar-refractivity contribution in [3.8, 4) is 0 Å². The quantitative estimate of drug-likeness (QED) is 0.513. The van der Waals surface area contributed by atoms with Crippen LogP contribution in [0.1, 0.15) is 112 Å². The zero-order valence-corrected chi connectivity index (χ0v) is 20.8. The number of hydrogen-bond acceptors (Lipinski definition) is 2. The van der Waals surface area contributed by atoms with Gasteiger partial charge in [0.05, 0.1) is 11.7 Å². The lowest BCUT2D eigenvalue weighted by Crippen LogP contribution is -2.66. The summed E-state index contributed by atoms with van der Waals surface area (Å²) < 4.78 is 0. The van der Waals surface area contributed by atoms with Gasteiger partial charge in [-0.25, -0.2) is 0 Å². The summed E-state index contributed by atoms with van der Waals surface area (Å²) in [7, 11) is 0. The molecule has 0 bridgehead atoms. The molecule has 0 saturated heterocycles. The van der Waals surface area contributed by atoms with Gasteiger partial charge in [-0.2, -0.15) is 0 Å². The van der Waals surface area contributed by atoms with E-state index in [0.29, 0.717) is 11.3 Å². The normalized spacial score (nSPS) is 51.9. The van der Waals surface area contributed by atoms with Crippen LogP contribution in [-0.4, -0.2) is 21.9 Å². The number of fused-ring (bicyclic) bond motifs is 5. The summed E-state index contributed by atoms with van der Waals surface area (Å²) in [5, 5.41) is 22.4. The van der Waals surface area contributed by atoms with E-state index in [9.17, 15) is 10.2 Å². The van der Waals surface area contributed by atoms with E-state index in [2.05, 4.69) is 41.5 Å². The van der Waals surface area contributed by atoms with Gasteiger partial charge >= 0.3 is 0 Å². The van der Waals surface area contributed by atoms with Crippen LogP contribution in [0.5, 0.6) is 0 Å². The minimum absolute atomic E-state index is 0.00311. The molecule has 2 N–H and O–H groups in total. The molecular formula is C28H50O2. The molecule has 4 aliphatic carbocycles. The molecule has 0 unspecified atom stereocenters. The Morgan fingerprint density at radius 1 is 0.867 bits per heavy atom. The summed E-state index contributed by atoms with van der Waals surface area (Å²) >= 11 is 0. The molecular weight excluding hydrogens is 368 g/mol. The second-order valence-corrected chi connectivity index (χ2v) is 13.2. The van der Waals surface area contributed by atoms with Crippen molar-refractivity contribution in [3.63, 3.8) is 0 Å². The van der Waals surface area contributed by atoms with E-state index in [-0.39, 0.29) is 17.4 Å². The highest BCUT2D eigenvalue weighted by Crippen LogP contribution is 2.69. The maximum Gasteiger partial charge on any atom is 0.0753 e. The van der Waals surface area contributed by atoms with E-state index in [1.54, 1.807) is 0 Å². The lowest BCUT2D eigenvalue weighted by molar-refractivity contribution is -0.246. The maximum atomic E-state index is 11.9. The van der Waals surface area contributed by atoms with E-state index in [1.165, 1.54) is 51.4 Å². The average molecular weight is 419 g/mol. The van der Waals surface area contributed by atoms with E-state index in [1.807, 2.05) is 0 Å². The molecule has 30 heavy (non-hydrogen) atoms. The molecule has 4 rings (SSSR count). The summed E-state index contributed by atoms with van der Waals surface area (Å²) in [6.07, 6.45) is 13.3. The van der Waals surface area contributed by atoms with Crippen molar-refractivity contribution >= 4 is 0 Å². The van der Waals surface area contributed by atoms with E-state index in [4.69, 9.17) is 0 Å². The zero-order chi connectivity index (χ0) is 21.9. The van der Waals surface area contributed by atoms with Crippen molar-refractivity contribution in [1.29, 1.82) is 0 Å². The Kier molecular flexibility index (Phi) is 6.20. The highest BCUT2D eigenvalue weighted by molar-refractivity contribution is 5.16. The summed E-state index contributed by atoms with van der Waals surface area (Å²) in [4.78, 5) is 0. The van der Waals surface area contributed by atoms with Gasteiger partial charge in [0.1, 0.15) is 0 Å². The third-order valence-corrected chi connectivity index (χ3v) is 11.6. The van der Waals surface area contributed by atoms with Gasteiger partial charge < -0.3 is 10.2 Å². The highest BCUT2D eigenvalue weighted by atomic mass is 16.3. The molecule has 174 valence electrons. The van der Waals surface area contributed by atoms with Crippen LogP contribution in [0.4, 0.5) is 0 Å². The van der Waals surface area contributed by atoms with Gasteiger partial charge in [0.15, 0.2) is 0 Å². The Morgan fingerprint density at radius 3 is 2.30 bits per heavy atom. The average Bonchev–Trinajstić information content (AvgIpc) is 3.04. The molecule has 0 aliphatic heterocycles. The van der Waals surface area contributed by atoms with Crippen LogP contribution in [0, 0.1) is 52.3 Å². The largest absolute Gasteiger partial charge is 0.393 e. The molecule has 0 heterocycles. The molecule has 0 spiro atoms. The number of aliphatic hydroxyl groups excluding tert-OH is 1. The molecule has 10 atom stereocenters. The standard InChI is InChI=1S/C28H50O2/c1-18(2)8-7-9-19(3)22-10-11-23-21-12-17-28(30)20(4)25(29)14-16-27(28,6)24(21)13-15-26(22,23)5/h18-25,29-30H,7-17H2,1-6H3/t19-,20-,21-,22+,23+,24-,25-,26+,27+,28+/m0/s1. The SMILES string of the molecule is CC(C)CCC[C@H](C)[C@H]1CC[C@@H]2[C@@H]3CC[C@@]4(O)[C@@H](C)[C@@H](O)CC[C@]4(C)[C@H]3CC[C@@]21C. The van der Waals surface area contributed by atoms with E-state index >= 15 is 0 Å². The molecule has 0 aromatic heterocycles. The fourth-order valence-corrected chi connectivity index (χ4v) is 9.66. The minimum atomic E-state index is -0.665. The van der Waals surface area contributed by atoms with Gasteiger partial charge in [-0.15, -0.1) is 0 Å². The Bertz CT molecular complexity index is 616. The van der Waals surface area contributed by atoms with E-state index in [0.717, 1.165) is 48.9 Å². The molecule has 4 saturated carbocycles. The highest BCUT2D eigenvalue weighted by Gasteiger charge is 2.66. The van der Waals surface area contributed by atoms with Crippen molar-refractivity contribution in [2.75, 3.05) is 0 Å². The third-order valence-electron chi connectivity index (χ3n) is 11.6. The molecule has 0 aromatic rings. The van der Waals surface area contributed by atoms with Gasteiger partial charge in [0.25, 0.3) is 0 Å². The molecule has 4 aliphatic rings. The second-order valence-electron chi connectivity index (χ2n) is 13.2. The fraction of sp³-hybridized carbons (Fsp3) is 1.00. The van der Waals surface area contributed by atoms with Gasteiger partial charge in [0, 0.05) is 5.92 Å². The van der Waals surface area contributed by atoms with Crippen LogP contribution < -0.4 is 0 Å². The molecule has 2 nitrogen and oxygen atoms in total. The number of aliphatic hydroxyl groups is 2. The monoisotopic (exact) mass is 418 g/mol. The Hall–Kier alpha value is -0.0800. The van der Waals surface area contributed by atoms with Gasteiger partial charge in [-0.05, 0) is 97.7 Å². The van der Waals surface area contributed by atoms with Crippen LogP contribution in [0.25, 0.3) is 0 Å². The lowest BCUT2D eigenvalue weighted by atomic mass is 9.41. The Balaban J connectivity index is 1.51. The predicted octanol–water partition coefficient (Wildman–Crippen LogP) is 6.83. The third kappa shape index (κ3) is 3.33. The smallest absolute Gasteiger partial charge is 0.0753 e. The van der Waals surface area contributed by atoms with Crippen LogP contribution in [0.3, 0.4) is 0 Å². The first-order valence-electron chi connectivity index (χ1n) is 13.4. The van der Waals surface area contributed by atoms with Crippen molar-refractivity contribution in [3.05, 3.63) is 0 Å². The topological polar surface area (TPSA) is 40.5 Å². The number of rotatable bonds is 5. The minimum Gasteiger partial charge on any atom is -0.393 e. The van der Waals surface area contributed by atoms with Crippen molar-refractivity contribution < 1.29 is 10.2 Å². The first kappa shape index (κ1) is 23.1.